The highest BCUT2D eigenvalue weighted by atomic mass is 35.5. The lowest BCUT2D eigenvalue weighted by molar-refractivity contribution is -0.145. The van der Waals surface area contributed by atoms with Crippen LogP contribution in [0.1, 0.15) is 18.6 Å². The summed E-state index contributed by atoms with van der Waals surface area (Å²) in [6.45, 7) is 3.33. The van der Waals surface area contributed by atoms with Crippen molar-refractivity contribution in [1.82, 2.24) is 4.90 Å². The molecule has 1 heterocycles. The summed E-state index contributed by atoms with van der Waals surface area (Å²) in [7, 11) is 0. The largest absolute Gasteiger partial charge is 0.480 e. The van der Waals surface area contributed by atoms with Gasteiger partial charge in [0.05, 0.1) is 22.8 Å². The number of carboxylic acid groups (broad SMARTS) is 1. The lowest BCUT2D eigenvalue weighted by Gasteiger charge is -2.35. The van der Waals surface area contributed by atoms with Crippen LogP contribution in [0.15, 0.2) is 18.2 Å². The second-order valence-corrected chi connectivity index (χ2v) is 5.36. The van der Waals surface area contributed by atoms with E-state index in [4.69, 9.17) is 33.0 Å². The van der Waals surface area contributed by atoms with Crippen LogP contribution in [-0.4, -0.2) is 41.7 Å². The van der Waals surface area contributed by atoms with Gasteiger partial charge in [-0.05, 0) is 24.6 Å². The number of aliphatic carboxylic acids is 1. The number of ether oxygens (including phenoxy) is 1. The predicted molar refractivity (Wildman–Crippen MR) is 73.8 cm³/mol. The van der Waals surface area contributed by atoms with Gasteiger partial charge in [-0.2, -0.15) is 0 Å². The predicted octanol–water partition coefficient (Wildman–Crippen LogP) is 2.84. The molecule has 4 nitrogen and oxygen atoms in total. The van der Waals surface area contributed by atoms with Crippen molar-refractivity contribution in [3.63, 3.8) is 0 Å². The number of carbonyl (C=O) groups is 1. The number of rotatable bonds is 3. The van der Waals surface area contributed by atoms with E-state index in [9.17, 15) is 4.79 Å². The highest BCUT2D eigenvalue weighted by Gasteiger charge is 2.28. The van der Waals surface area contributed by atoms with E-state index in [1.807, 2.05) is 11.0 Å². The van der Waals surface area contributed by atoms with Crippen molar-refractivity contribution >= 4 is 29.2 Å². The molecule has 1 fully saturated rings. The lowest BCUT2D eigenvalue weighted by Crippen LogP contribution is -2.46. The topological polar surface area (TPSA) is 49.8 Å². The van der Waals surface area contributed by atoms with E-state index in [-0.39, 0.29) is 6.10 Å². The summed E-state index contributed by atoms with van der Waals surface area (Å²) >= 11 is 11.9. The van der Waals surface area contributed by atoms with Crippen LogP contribution >= 0.6 is 23.2 Å². The molecule has 1 aliphatic heterocycles. The zero-order valence-corrected chi connectivity index (χ0v) is 12.0. The molecule has 1 N–H and O–H groups in total. The van der Waals surface area contributed by atoms with Gasteiger partial charge in [-0.15, -0.1) is 0 Å². The van der Waals surface area contributed by atoms with E-state index in [2.05, 4.69) is 0 Å². The fourth-order valence-electron chi connectivity index (χ4n) is 2.09. The summed E-state index contributed by atoms with van der Waals surface area (Å²) in [4.78, 5) is 12.9. The van der Waals surface area contributed by atoms with Gasteiger partial charge >= 0.3 is 5.97 Å². The Morgan fingerprint density at radius 2 is 2.21 bits per heavy atom. The van der Waals surface area contributed by atoms with E-state index in [0.717, 1.165) is 5.56 Å². The Labute approximate surface area is 121 Å². The number of benzene rings is 1. The Morgan fingerprint density at radius 3 is 2.84 bits per heavy atom. The maximum atomic E-state index is 11.0. The monoisotopic (exact) mass is 303 g/mol. The second kappa shape index (κ2) is 6.09. The van der Waals surface area contributed by atoms with Crippen LogP contribution in [0.2, 0.25) is 10.0 Å². The van der Waals surface area contributed by atoms with E-state index >= 15 is 0 Å². The highest BCUT2D eigenvalue weighted by Crippen LogP contribution is 2.29. The molecule has 0 aromatic heterocycles. The summed E-state index contributed by atoms with van der Waals surface area (Å²) in [6.07, 6.45) is -0.176. The molecule has 1 aromatic carbocycles. The SMILES string of the molecule is C[C@H](C(=O)O)N1CCO[C@@H](c2ccc(Cl)c(Cl)c2)C1. The van der Waals surface area contributed by atoms with Gasteiger partial charge in [0.25, 0.3) is 0 Å². The molecule has 0 unspecified atom stereocenters. The van der Waals surface area contributed by atoms with Crippen LogP contribution < -0.4 is 0 Å². The smallest absolute Gasteiger partial charge is 0.320 e. The number of hydrogen-bond donors (Lipinski definition) is 1. The van der Waals surface area contributed by atoms with E-state index in [1.54, 1.807) is 19.1 Å². The van der Waals surface area contributed by atoms with Crippen molar-refractivity contribution in [2.24, 2.45) is 0 Å². The first-order valence-electron chi connectivity index (χ1n) is 6.02. The van der Waals surface area contributed by atoms with Crippen LogP contribution in [0, 0.1) is 0 Å². The molecule has 104 valence electrons. The molecule has 2 rings (SSSR count). The van der Waals surface area contributed by atoms with Crippen molar-refractivity contribution in [2.75, 3.05) is 19.7 Å². The van der Waals surface area contributed by atoms with Crippen LogP contribution in [-0.2, 0) is 9.53 Å². The van der Waals surface area contributed by atoms with Crippen LogP contribution in [0.3, 0.4) is 0 Å². The van der Waals surface area contributed by atoms with Gasteiger partial charge in [-0.25, -0.2) is 0 Å². The fourth-order valence-corrected chi connectivity index (χ4v) is 2.40. The van der Waals surface area contributed by atoms with Crippen molar-refractivity contribution < 1.29 is 14.6 Å². The normalized spacial score (nSPS) is 22.2. The molecule has 6 heteroatoms. The molecule has 0 aliphatic carbocycles. The third-order valence-electron chi connectivity index (χ3n) is 3.32. The second-order valence-electron chi connectivity index (χ2n) is 4.54. The molecule has 1 aromatic rings. The van der Waals surface area contributed by atoms with Crippen molar-refractivity contribution in [3.8, 4) is 0 Å². The average Bonchev–Trinajstić information content (AvgIpc) is 2.41. The molecular formula is C13H15Cl2NO3. The zero-order chi connectivity index (χ0) is 14.0. The summed E-state index contributed by atoms with van der Waals surface area (Å²) in [5.74, 6) is -0.824. The number of nitrogens with zero attached hydrogens (tertiary/aromatic N) is 1. The maximum Gasteiger partial charge on any atom is 0.320 e. The molecule has 2 atom stereocenters. The summed E-state index contributed by atoms with van der Waals surface area (Å²) in [5.41, 5.74) is 0.914. The average molecular weight is 304 g/mol. The minimum atomic E-state index is -0.824. The van der Waals surface area contributed by atoms with Gasteiger partial charge in [0.1, 0.15) is 6.04 Å². The van der Waals surface area contributed by atoms with E-state index < -0.39 is 12.0 Å². The Morgan fingerprint density at radius 1 is 1.47 bits per heavy atom. The van der Waals surface area contributed by atoms with E-state index in [0.29, 0.717) is 29.7 Å². The van der Waals surface area contributed by atoms with E-state index in [1.165, 1.54) is 0 Å². The van der Waals surface area contributed by atoms with Gasteiger partial charge < -0.3 is 9.84 Å². The van der Waals surface area contributed by atoms with Crippen LogP contribution in [0.25, 0.3) is 0 Å². The number of carboxylic acids is 1. The standard InChI is InChI=1S/C13H15Cl2NO3/c1-8(13(17)18)16-4-5-19-12(7-16)9-2-3-10(14)11(15)6-9/h2-3,6,8,12H,4-5,7H2,1H3,(H,17,18)/t8-,12-/m1/s1. The summed E-state index contributed by atoms with van der Waals surface area (Å²) in [6, 6.07) is 4.83. The van der Waals surface area contributed by atoms with Gasteiger partial charge in [-0.1, -0.05) is 29.3 Å². The van der Waals surface area contributed by atoms with Gasteiger partial charge in [0, 0.05) is 13.1 Å². The third kappa shape index (κ3) is 3.39. The molecule has 1 aliphatic rings. The van der Waals surface area contributed by atoms with Crippen molar-refractivity contribution in [3.05, 3.63) is 33.8 Å². The van der Waals surface area contributed by atoms with Crippen molar-refractivity contribution in [2.45, 2.75) is 19.1 Å². The zero-order valence-electron chi connectivity index (χ0n) is 10.5. The lowest BCUT2D eigenvalue weighted by atomic mass is 10.1. The Hall–Kier alpha value is -0.810. The molecule has 19 heavy (non-hydrogen) atoms. The summed E-state index contributed by atoms with van der Waals surface area (Å²) < 4.78 is 5.68. The van der Waals surface area contributed by atoms with Gasteiger partial charge in [0.15, 0.2) is 0 Å². The molecule has 0 saturated carbocycles. The Kier molecular flexibility index (Phi) is 4.68. The van der Waals surface area contributed by atoms with Gasteiger partial charge in [-0.3, -0.25) is 9.69 Å². The molecule has 0 bridgehead atoms. The number of halogens is 2. The minimum Gasteiger partial charge on any atom is -0.480 e. The number of morpholine rings is 1. The Bertz CT molecular complexity index is 481. The van der Waals surface area contributed by atoms with Gasteiger partial charge in [0.2, 0.25) is 0 Å². The first-order valence-corrected chi connectivity index (χ1v) is 6.78. The Balaban J connectivity index is 2.12. The molecular weight excluding hydrogens is 289 g/mol. The van der Waals surface area contributed by atoms with Crippen LogP contribution in [0.5, 0.6) is 0 Å². The van der Waals surface area contributed by atoms with Crippen molar-refractivity contribution in [1.29, 1.82) is 0 Å². The van der Waals surface area contributed by atoms with Crippen LogP contribution in [0.4, 0.5) is 0 Å². The molecule has 0 spiro atoms. The third-order valence-corrected chi connectivity index (χ3v) is 4.06. The molecule has 1 saturated heterocycles. The minimum absolute atomic E-state index is 0.176. The quantitative estimate of drug-likeness (QED) is 0.933. The first kappa shape index (κ1) is 14.6. The first-order chi connectivity index (χ1) is 8.99. The fraction of sp³-hybridized carbons (Fsp3) is 0.462. The summed E-state index contributed by atoms with van der Waals surface area (Å²) in [5, 5.41) is 10.0. The highest BCUT2D eigenvalue weighted by molar-refractivity contribution is 6.42. The maximum absolute atomic E-state index is 11.0. The molecule has 0 amide bonds. The number of hydrogen-bond acceptors (Lipinski definition) is 3. The molecule has 0 radical (unpaired) electrons.